The van der Waals surface area contributed by atoms with E-state index >= 15 is 0 Å². The van der Waals surface area contributed by atoms with E-state index in [1.54, 1.807) is 27.8 Å². The Hall–Kier alpha value is -4.29. The topological polar surface area (TPSA) is 156 Å². The van der Waals surface area contributed by atoms with Crippen molar-refractivity contribution in [3.63, 3.8) is 0 Å². The lowest BCUT2D eigenvalue weighted by Crippen LogP contribution is -2.54. The number of carbonyl (C=O) groups excluding carboxylic acids is 5. The summed E-state index contributed by atoms with van der Waals surface area (Å²) >= 11 is 0. The normalized spacial score (nSPS) is 20.0. The van der Waals surface area contributed by atoms with Crippen LogP contribution in [0.15, 0.2) is 24.4 Å². The van der Waals surface area contributed by atoms with Gasteiger partial charge in [-0.3, -0.25) is 34.1 Å². The van der Waals surface area contributed by atoms with Crippen LogP contribution in [-0.2, 0) is 27.4 Å². The Kier molecular flexibility index (Phi) is 7.30. The van der Waals surface area contributed by atoms with Crippen LogP contribution in [0, 0.1) is 5.92 Å². The lowest BCUT2D eigenvalue weighted by molar-refractivity contribution is -0.136. The number of nitrogens with one attached hydrogen (secondary N) is 2. The second kappa shape index (κ2) is 10.7. The molecule has 2 saturated heterocycles. The molecule has 40 heavy (non-hydrogen) atoms. The molecule has 5 amide bonds. The molecule has 5 rings (SSSR count). The number of benzene rings is 1. The molecular weight excluding hydrogens is 518 g/mol. The summed E-state index contributed by atoms with van der Waals surface area (Å²) in [5.74, 6) is -1.84. The van der Waals surface area contributed by atoms with E-state index in [0.29, 0.717) is 36.9 Å². The van der Waals surface area contributed by atoms with E-state index in [0.717, 1.165) is 17.7 Å². The molecule has 0 aliphatic carbocycles. The van der Waals surface area contributed by atoms with Crippen LogP contribution in [0.3, 0.4) is 0 Å². The van der Waals surface area contributed by atoms with Gasteiger partial charge in [0.15, 0.2) is 0 Å². The summed E-state index contributed by atoms with van der Waals surface area (Å²) in [5, 5.41) is 13.8. The number of fused-ring (bicyclic) bond motifs is 1. The maximum absolute atomic E-state index is 13.3. The van der Waals surface area contributed by atoms with E-state index in [1.165, 1.54) is 0 Å². The predicted molar refractivity (Wildman–Crippen MR) is 141 cm³/mol. The van der Waals surface area contributed by atoms with Gasteiger partial charge in [0.2, 0.25) is 11.8 Å². The van der Waals surface area contributed by atoms with Gasteiger partial charge in [0.05, 0.1) is 23.9 Å². The van der Waals surface area contributed by atoms with Gasteiger partial charge in [-0.15, -0.1) is 5.10 Å². The number of amides is 5. The number of hydrogen-bond donors (Lipinski definition) is 2. The molecule has 1 unspecified atom stereocenters. The van der Waals surface area contributed by atoms with Crippen molar-refractivity contribution in [3.8, 4) is 0 Å². The quantitative estimate of drug-likeness (QED) is 0.512. The molecule has 0 saturated carbocycles. The first-order chi connectivity index (χ1) is 19.0. The molecule has 1 aromatic heterocycles. The van der Waals surface area contributed by atoms with Crippen molar-refractivity contribution in [3.05, 3.63) is 41.2 Å². The minimum absolute atomic E-state index is 0.0629. The largest absolute Gasteiger partial charge is 0.444 e. The number of ether oxygens (including phenoxy) is 1. The number of carbonyl (C=O) groups is 5. The molecule has 0 spiro atoms. The van der Waals surface area contributed by atoms with Crippen molar-refractivity contribution in [1.29, 1.82) is 0 Å². The molecule has 3 aliphatic rings. The molecule has 2 N–H and O–H groups in total. The monoisotopic (exact) mass is 551 g/mol. The number of nitrogens with zero attached hydrogens (tertiary/aromatic N) is 5. The van der Waals surface area contributed by atoms with Crippen molar-refractivity contribution in [2.24, 2.45) is 5.92 Å². The zero-order valence-electron chi connectivity index (χ0n) is 22.8. The molecule has 4 heterocycles. The van der Waals surface area contributed by atoms with Crippen molar-refractivity contribution in [1.82, 2.24) is 30.1 Å². The minimum Gasteiger partial charge on any atom is -0.444 e. The number of hydrogen-bond acceptors (Lipinski definition) is 9. The van der Waals surface area contributed by atoms with Gasteiger partial charge in [-0.1, -0.05) is 11.3 Å². The molecule has 2 fully saturated rings. The van der Waals surface area contributed by atoms with Crippen LogP contribution < -0.4 is 10.6 Å². The highest BCUT2D eigenvalue weighted by Gasteiger charge is 2.45. The third-order valence-corrected chi connectivity index (χ3v) is 7.23. The van der Waals surface area contributed by atoms with Gasteiger partial charge in [-0.2, -0.15) is 0 Å². The van der Waals surface area contributed by atoms with Crippen LogP contribution in [0.2, 0.25) is 0 Å². The van der Waals surface area contributed by atoms with Crippen LogP contribution in [0.25, 0.3) is 0 Å². The highest BCUT2D eigenvalue weighted by atomic mass is 16.6. The van der Waals surface area contributed by atoms with Crippen molar-refractivity contribution in [2.45, 2.75) is 71.2 Å². The maximum Gasteiger partial charge on any atom is 0.410 e. The van der Waals surface area contributed by atoms with Crippen molar-refractivity contribution >= 4 is 35.4 Å². The van der Waals surface area contributed by atoms with Gasteiger partial charge in [-0.05, 0) is 58.1 Å². The van der Waals surface area contributed by atoms with E-state index in [4.69, 9.17) is 4.74 Å². The average Bonchev–Trinajstić information content (AvgIpc) is 3.44. The number of rotatable bonds is 6. The third-order valence-electron chi connectivity index (χ3n) is 7.23. The summed E-state index contributed by atoms with van der Waals surface area (Å²) < 4.78 is 7.24. The molecule has 1 aromatic carbocycles. The van der Waals surface area contributed by atoms with Crippen molar-refractivity contribution < 1.29 is 28.7 Å². The van der Waals surface area contributed by atoms with Crippen LogP contribution >= 0.6 is 0 Å². The summed E-state index contributed by atoms with van der Waals surface area (Å²) in [6.07, 6.45) is 3.38. The molecular formula is C27H33N7O6. The first kappa shape index (κ1) is 27.3. The van der Waals surface area contributed by atoms with E-state index in [-0.39, 0.29) is 36.6 Å². The Morgan fingerprint density at radius 2 is 1.85 bits per heavy atom. The molecule has 0 radical (unpaired) electrons. The van der Waals surface area contributed by atoms with Gasteiger partial charge < -0.3 is 15.0 Å². The maximum atomic E-state index is 13.3. The lowest BCUT2D eigenvalue weighted by atomic mass is 9.97. The molecule has 2 aromatic rings. The third kappa shape index (κ3) is 5.68. The van der Waals surface area contributed by atoms with Crippen LogP contribution in [0.1, 0.15) is 72.9 Å². The number of anilines is 1. The first-order valence-electron chi connectivity index (χ1n) is 13.5. The van der Waals surface area contributed by atoms with Gasteiger partial charge >= 0.3 is 6.09 Å². The van der Waals surface area contributed by atoms with Gasteiger partial charge in [-0.25, -0.2) is 4.79 Å². The van der Waals surface area contributed by atoms with Crippen LogP contribution in [0.4, 0.5) is 10.5 Å². The molecule has 3 aliphatic heterocycles. The number of likely N-dealkylation sites (tertiary alicyclic amines) is 1. The summed E-state index contributed by atoms with van der Waals surface area (Å²) in [6.45, 7) is 7.76. The SMILES string of the molecule is CC(C)(C)OC(=O)N1CCC(Cn2cc(CNc3cccc4c3C(=O)N(C3CCC(=O)NC3=O)C4=O)nn2)CC1. The van der Waals surface area contributed by atoms with Gasteiger partial charge in [0.25, 0.3) is 11.8 Å². The van der Waals surface area contributed by atoms with E-state index in [9.17, 15) is 24.0 Å². The Labute approximate surface area is 231 Å². The summed E-state index contributed by atoms with van der Waals surface area (Å²) in [4.78, 5) is 65.1. The van der Waals surface area contributed by atoms with Crippen molar-refractivity contribution in [2.75, 3.05) is 18.4 Å². The average molecular weight is 552 g/mol. The smallest absolute Gasteiger partial charge is 0.410 e. The summed E-state index contributed by atoms with van der Waals surface area (Å²) in [5.41, 5.74) is 0.994. The molecule has 13 nitrogen and oxygen atoms in total. The zero-order valence-corrected chi connectivity index (χ0v) is 22.8. The fourth-order valence-electron chi connectivity index (χ4n) is 5.25. The molecule has 212 valence electrons. The molecule has 0 bridgehead atoms. The van der Waals surface area contributed by atoms with E-state index < -0.39 is 35.3 Å². The highest BCUT2D eigenvalue weighted by molar-refractivity contribution is 6.25. The van der Waals surface area contributed by atoms with Gasteiger partial charge in [0, 0.05) is 31.7 Å². The highest BCUT2D eigenvalue weighted by Crippen LogP contribution is 2.32. The zero-order chi connectivity index (χ0) is 28.6. The minimum atomic E-state index is -1.02. The number of imide groups is 2. The van der Waals surface area contributed by atoms with E-state index in [2.05, 4.69) is 20.9 Å². The Morgan fingerprint density at radius 1 is 1.10 bits per heavy atom. The fraction of sp³-hybridized carbons (Fsp3) is 0.519. The number of piperidine rings is 2. The Balaban J connectivity index is 1.17. The summed E-state index contributed by atoms with van der Waals surface area (Å²) in [6, 6.07) is 3.90. The first-order valence-corrected chi connectivity index (χ1v) is 13.5. The standard InChI is InChI=1S/C27H33N7O6/c1-27(2,3)40-26(39)32-11-9-16(10-12-32)14-33-15-17(30-31-33)13-28-19-6-4-5-18-22(19)25(38)34(24(18)37)20-7-8-21(35)29-23(20)36/h4-6,15-16,20,28H,7-14H2,1-3H3,(H,29,35,36). The lowest BCUT2D eigenvalue weighted by Gasteiger charge is -2.33. The molecule has 13 heteroatoms. The fourth-order valence-corrected chi connectivity index (χ4v) is 5.25. The summed E-state index contributed by atoms with van der Waals surface area (Å²) in [7, 11) is 0. The second-order valence-electron chi connectivity index (χ2n) is 11.4. The van der Waals surface area contributed by atoms with E-state index in [1.807, 2.05) is 27.0 Å². The number of aromatic nitrogens is 3. The predicted octanol–water partition coefficient (Wildman–Crippen LogP) is 1.94. The van der Waals surface area contributed by atoms with Gasteiger partial charge in [0.1, 0.15) is 17.3 Å². The molecule has 1 atom stereocenters. The Bertz CT molecular complexity index is 1360. The Morgan fingerprint density at radius 3 is 2.55 bits per heavy atom. The second-order valence-corrected chi connectivity index (χ2v) is 11.4. The van der Waals surface area contributed by atoms with Crippen LogP contribution in [0.5, 0.6) is 0 Å². The van der Waals surface area contributed by atoms with Crippen LogP contribution in [-0.4, -0.2) is 79.2 Å².